The van der Waals surface area contributed by atoms with E-state index in [4.69, 9.17) is 9.47 Å². The summed E-state index contributed by atoms with van der Waals surface area (Å²) in [6.45, 7) is 6.84. The number of rotatable bonds is 9. The van der Waals surface area contributed by atoms with Crippen molar-refractivity contribution in [2.24, 2.45) is 0 Å². The molecule has 0 atom stereocenters. The standard InChI is InChI=1S/C20H26N2O3/c1-4-11-24-18-9-6-8-17(13-18)22-20(23)14-21-16-7-5-10-19(12-16)25-15(2)3/h5-10,12-13,15,21H,4,11,14H2,1-3H3,(H,22,23). The Morgan fingerprint density at radius 1 is 1.04 bits per heavy atom. The zero-order chi connectivity index (χ0) is 18.1. The van der Waals surface area contributed by atoms with E-state index in [0.29, 0.717) is 6.61 Å². The van der Waals surface area contributed by atoms with E-state index in [1.54, 1.807) is 0 Å². The molecular weight excluding hydrogens is 316 g/mol. The topological polar surface area (TPSA) is 59.6 Å². The molecule has 0 aliphatic heterocycles. The smallest absolute Gasteiger partial charge is 0.243 e. The Morgan fingerprint density at radius 3 is 2.44 bits per heavy atom. The number of amides is 1. The fourth-order valence-electron chi connectivity index (χ4n) is 2.22. The van der Waals surface area contributed by atoms with Crippen LogP contribution in [-0.2, 0) is 4.79 Å². The van der Waals surface area contributed by atoms with Gasteiger partial charge < -0.3 is 20.1 Å². The third-order valence-corrected chi connectivity index (χ3v) is 3.25. The highest BCUT2D eigenvalue weighted by Crippen LogP contribution is 2.19. The van der Waals surface area contributed by atoms with Gasteiger partial charge in [-0.3, -0.25) is 4.79 Å². The van der Waals surface area contributed by atoms with Gasteiger partial charge in [0.1, 0.15) is 11.5 Å². The van der Waals surface area contributed by atoms with E-state index in [0.717, 1.165) is 29.3 Å². The Labute approximate surface area is 149 Å². The predicted molar refractivity (Wildman–Crippen MR) is 102 cm³/mol. The lowest BCUT2D eigenvalue weighted by Crippen LogP contribution is -2.21. The first-order chi connectivity index (χ1) is 12.1. The van der Waals surface area contributed by atoms with Crippen molar-refractivity contribution < 1.29 is 14.3 Å². The summed E-state index contributed by atoms with van der Waals surface area (Å²) in [5.74, 6) is 1.41. The first-order valence-electron chi connectivity index (χ1n) is 8.60. The molecule has 0 aromatic heterocycles. The number of nitrogens with one attached hydrogen (secondary N) is 2. The van der Waals surface area contributed by atoms with Crippen molar-refractivity contribution in [2.45, 2.75) is 33.3 Å². The molecule has 134 valence electrons. The van der Waals surface area contributed by atoms with Gasteiger partial charge in [-0.2, -0.15) is 0 Å². The summed E-state index contributed by atoms with van der Waals surface area (Å²) in [4.78, 5) is 12.1. The first-order valence-corrected chi connectivity index (χ1v) is 8.60. The van der Waals surface area contributed by atoms with Crippen LogP contribution in [0.4, 0.5) is 11.4 Å². The van der Waals surface area contributed by atoms with E-state index >= 15 is 0 Å². The molecule has 0 fully saturated rings. The number of anilines is 2. The van der Waals surface area contributed by atoms with Crippen LogP contribution in [0, 0.1) is 0 Å². The van der Waals surface area contributed by atoms with Crippen LogP contribution in [0.25, 0.3) is 0 Å². The molecule has 0 aliphatic rings. The SMILES string of the molecule is CCCOc1cccc(NC(=O)CNc2cccc(OC(C)C)c2)c1. The summed E-state index contributed by atoms with van der Waals surface area (Å²) in [6, 6.07) is 15.0. The second-order valence-corrected chi connectivity index (χ2v) is 5.97. The number of hydrogen-bond donors (Lipinski definition) is 2. The van der Waals surface area contributed by atoms with Crippen molar-refractivity contribution in [1.29, 1.82) is 0 Å². The molecule has 25 heavy (non-hydrogen) atoms. The molecule has 2 N–H and O–H groups in total. The number of carbonyl (C=O) groups is 1. The minimum Gasteiger partial charge on any atom is -0.494 e. The molecule has 1 amide bonds. The Hall–Kier alpha value is -2.69. The average Bonchev–Trinajstić information content (AvgIpc) is 2.58. The fraction of sp³-hybridized carbons (Fsp3) is 0.350. The molecule has 0 unspecified atom stereocenters. The van der Waals surface area contributed by atoms with Gasteiger partial charge in [0.05, 0.1) is 19.3 Å². The number of ether oxygens (including phenoxy) is 2. The van der Waals surface area contributed by atoms with Crippen LogP contribution in [-0.4, -0.2) is 25.2 Å². The Kier molecular flexibility index (Phi) is 7.14. The lowest BCUT2D eigenvalue weighted by Gasteiger charge is -2.12. The summed E-state index contributed by atoms with van der Waals surface area (Å²) in [5, 5.41) is 5.97. The normalized spacial score (nSPS) is 10.4. The Morgan fingerprint density at radius 2 is 1.72 bits per heavy atom. The number of hydrogen-bond acceptors (Lipinski definition) is 4. The van der Waals surface area contributed by atoms with Crippen LogP contribution in [0.1, 0.15) is 27.2 Å². The van der Waals surface area contributed by atoms with Gasteiger partial charge in [0.15, 0.2) is 0 Å². The van der Waals surface area contributed by atoms with Crippen molar-refractivity contribution in [3.05, 3.63) is 48.5 Å². The summed E-state index contributed by atoms with van der Waals surface area (Å²) in [7, 11) is 0. The third-order valence-electron chi connectivity index (χ3n) is 3.25. The zero-order valence-corrected chi connectivity index (χ0v) is 15.0. The molecule has 5 heteroatoms. The van der Waals surface area contributed by atoms with Crippen LogP contribution in [0.5, 0.6) is 11.5 Å². The maximum Gasteiger partial charge on any atom is 0.243 e. The molecule has 2 aromatic rings. The second-order valence-electron chi connectivity index (χ2n) is 5.97. The van der Waals surface area contributed by atoms with Gasteiger partial charge >= 0.3 is 0 Å². The molecule has 0 heterocycles. The first kappa shape index (κ1) is 18.6. The van der Waals surface area contributed by atoms with Crippen LogP contribution in [0.3, 0.4) is 0 Å². The highest BCUT2D eigenvalue weighted by molar-refractivity contribution is 5.93. The maximum absolute atomic E-state index is 12.1. The molecule has 0 saturated heterocycles. The van der Waals surface area contributed by atoms with Gasteiger partial charge in [0, 0.05) is 23.5 Å². The van der Waals surface area contributed by atoms with Crippen LogP contribution in [0.2, 0.25) is 0 Å². The van der Waals surface area contributed by atoms with Crippen molar-refractivity contribution >= 4 is 17.3 Å². The molecule has 0 bridgehead atoms. The summed E-state index contributed by atoms with van der Waals surface area (Å²) in [6.07, 6.45) is 1.06. The molecule has 5 nitrogen and oxygen atoms in total. The van der Waals surface area contributed by atoms with Gasteiger partial charge in [0.25, 0.3) is 0 Å². The van der Waals surface area contributed by atoms with Crippen molar-refractivity contribution in [3.63, 3.8) is 0 Å². The zero-order valence-electron chi connectivity index (χ0n) is 15.0. The highest BCUT2D eigenvalue weighted by atomic mass is 16.5. The minimum absolute atomic E-state index is 0.112. The highest BCUT2D eigenvalue weighted by Gasteiger charge is 2.05. The van der Waals surface area contributed by atoms with Gasteiger partial charge in [-0.25, -0.2) is 0 Å². The molecule has 2 aromatic carbocycles. The summed E-state index contributed by atoms with van der Waals surface area (Å²) in [5.41, 5.74) is 1.56. The van der Waals surface area contributed by atoms with E-state index in [9.17, 15) is 4.79 Å². The van der Waals surface area contributed by atoms with E-state index in [2.05, 4.69) is 17.6 Å². The molecule has 0 saturated carbocycles. The molecule has 0 radical (unpaired) electrons. The number of benzene rings is 2. The monoisotopic (exact) mass is 342 g/mol. The Balaban J connectivity index is 1.86. The van der Waals surface area contributed by atoms with Crippen molar-refractivity contribution in [3.8, 4) is 11.5 Å². The van der Waals surface area contributed by atoms with Crippen LogP contribution >= 0.6 is 0 Å². The van der Waals surface area contributed by atoms with Gasteiger partial charge in [-0.05, 0) is 44.5 Å². The minimum atomic E-state index is -0.122. The largest absolute Gasteiger partial charge is 0.494 e. The molecule has 2 rings (SSSR count). The van der Waals surface area contributed by atoms with Crippen molar-refractivity contribution in [1.82, 2.24) is 0 Å². The molecule has 0 aliphatic carbocycles. The van der Waals surface area contributed by atoms with E-state index < -0.39 is 0 Å². The number of carbonyl (C=O) groups excluding carboxylic acids is 1. The predicted octanol–water partition coefficient (Wildman–Crippen LogP) is 4.31. The van der Waals surface area contributed by atoms with Crippen LogP contribution in [0.15, 0.2) is 48.5 Å². The third kappa shape index (κ3) is 6.75. The molecular formula is C20H26N2O3. The lowest BCUT2D eigenvalue weighted by molar-refractivity contribution is -0.114. The summed E-state index contributed by atoms with van der Waals surface area (Å²) >= 11 is 0. The van der Waals surface area contributed by atoms with E-state index in [-0.39, 0.29) is 18.6 Å². The average molecular weight is 342 g/mol. The fourth-order valence-corrected chi connectivity index (χ4v) is 2.22. The van der Waals surface area contributed by atoms with Gasteiger partial charge in [-0.15, -0.1) is 0 Å². The lowest BCUT2D eigenvalue weighted by atomic mass is 10.3. The van der Waals surface area contributed by atoms with E-state index in [1.165, 1.54) is 0 Å². The maximum atomic E-state index is 12.1. The summed E-state index contributed by atoms with van der Waals surface area (Å²) < 4.78 is 11.2. The van der Waals surface area contributed by atoms with Crippen LogP contribution < -0.4 is 20.1 Å². The van der Waals surface area contributed by atoms with Crippen molar-refractivity contribution in [2.75, 3.05) is 23.8 Å². The van der Waals surface area contributed by atoms with E-state index in [1.807, 2.05) is 62.4 Å². The van der Waals surface area contributed by atoms with Gasteiger partial charge in [-0.1, -0.05) is 19.1 Å². The molecule has 0 spiro atoms. The Bertz CT molecular complexity index is 686. The second kappa shape index (κ2) is 9.57. The van der Waals surface area contributed by atoms with Gasteiger partial charge in [0.2, 0.25) is 5.91 Å². The quantitative estimate of drug-likeness (QED) is 0.713.